The summed E-state index contributed by atoms with van der Waals surface area (Å²) in [6.45, 7) is 2.13. The van der Waals surface area contributed by atoms with Gasteiger partial charge in [-0.05, 0) is 44.9 Å². The molecule has 18 unspecified atom stereocenters. The minimum atomic E-state index is -3.08. The monoisotopic (exact) mass is 1370 g/mol. The number of carbonyl (C=O) groups excluding carboxylic acids is 2. The van der Waals surface area contributed by atoms with Crippen molar-refractivity contribution in [3.63, 3.8) is 0 Å². The van der Waals surface area contributed by atoms with Crippen LogP contribution in [0.1, 0.15) is 271 Å². The van der Waals surface area contributed by atoms with Crippen LogP contribution in [-0.4, -0.2) is 215 Å². The molecule has 560 valence electrons. The second-order valence-corrected chi connectivity index (χ2v) is 27.2. The zero-order valence-electron chi connectivity index (χ0n) is 58.7. The number of ether oxygens (including phenoxy) is 6. The molecule has 3 heterocycles. The zero-order chi connectivity index (χ0) is 70.4. The molecule has 3 fully saturated rings. The van der Waals surface area contributed by atoms with Crippen molar-refractivity contribution in [1.29, 1.82) is 0 Å². The quantitative estimate of drug-likeness (QED) is 0.0155. The van der Waals surface area contributed by atoms with E-state index < -0.39 is 155 Å². The second-order valence-electron chi connectivity index (χ2n) is 27.2. The normalized spacial score (nSPS) is 27.8. The summed E-state index contributed by atoms with van der Waals surface area (Å²) in [5, 5.41) is 136. The molecule has 0 spiro atoms. The van der Waals surface area contributed by atoms with Crippen LogP contribution in [0.2, 0.25) is 0 Å². The minimum absolute atomic E-state index is 0.196. The van der Waals surface area contributed by atoms with Crippen molar-refractivity contribution < 1.29 is 104 Å². The summed E-state index contributed by atoms with van der Waals surface area (Å²) in [5.74, 6) is -6.15. The highest BCUT2D eigenvalue weighted by molar-refractivity contribution is 5.77. The zero-order valence-corrected chi connectivity index (χ0v) is 58.7. The third kappa shape index (κ3) is 34.1. The molecule has 0 aliphatic carbocycles. The van der Waals surface area contributed by atoms with Gasteiger partial charge in [-0.3, -0.25) is 9.59 Å². The van der Waals surface area contributed by atoms with E-state index in [1.165, 1.54) is 167 Å². The lowest BCUT2D eigenvalue weighted by Crippen LogP contribution is -2.70. The fourth-order valence-electron chi connectivity index (χ4n) is 12.9. The predicted octanol–water partition coefficient (Wildman–Crippen LogP) is 8.18. The maximum Gasteiger partial charge on any atom is 0.364 e. The summed E-state index contributed by atoms with van der Waals surface area (Å²) in [4.78, 5) is 38.6. The van der Waals surface area contributed by atoms with Crippen LogP contribution >= 0.6 is 0 Å². The fourth-order valence-corrected chi connectivity index (χ4v) is 12.9. The van der Waals surface area contributed by atoms with E-state index in [0.717, 1.165) is 64.7 Å². The Labute approximate surface area is 574 Å². The number of carboxylic acids is 1. The summed E-state index contributed by atoms with van der Waals surface area (Å²) >= 11 is 0. The van der Waals surface area contributed by atoms with E-state index in [2.05, 4.69) is 48.8 Å². The number of hydrogen-bond donors (Lipinski definition) is 14. The van der Waals surface area contributed by atoms with Crippen LogP contribution in [0.25, 0.3) is 0 Å². The summed E-state index contributed by atoms with van der Waals surface area (Å²) in [5.41, 5.74) is 0. The van der Waals surface area contributed by atoms with Crippen LogP contribution < -0.4 is 10.6 Å². The Morgan fingerprint density at radius 2 is 1.00 bits per heavy atom. The molecular weight excluding hydrogens is 1240 g/mol. The number of carboxylic acid groups (broad SMARTS) is 1. The Bertz CT molecular complexity index is 2070. The van der Waals surface area contributed by atoms with E-state index in [0.29, 0.717) is 12.8 Å². The third-order valence-corrected chi connectivity index (χ3v) is 18.8. The number of unbranched alkanes of at least 4 members (excludes halogenated alkanes) is 34. The maximum atomic E-state index is 13.5. The fraction of sp³-hybridized carbons (Fsp3) is 0.877. The van der Waals surface area contributed by atoms with Gasteiger partial charge in [0.05, 0.1) is 50.7 Å². The van der Waals surface area contributed by atoms with Gasteiger partial charge in [-0.15, -0.1) is 0 Å². The molecule has 96 heavy (non-hydrogen) atoms. The number of aliphatic hydroxyl groups is 11. The van der Waals surface area contributed by atoms with Gasteiger partial charge in [-0.2, -0.15) is 0 Å². The first-order valence-corrected chi connectivity index (χ1v) is 37.4. The first kappa shape index (κ1) is 87.2. The number of rotatable bonds is 57. The van der Waals surface area contributed by atoms with E-state index in [-0.39, 0.29) is 12.3 Å². The Hall–Kier alpha value is -3.05. The standard InChI is InChI=1S/C73H132N2O21/c1-4-6-8-10-12-14-16-18-20-22-24-25-26-27-29-30-32-34-36-38-40-42-44-46-55(80)54(75-60(83)47-45-43-41-39-37-35-33-31-28-23-21-19-17-15-13-11-9-7-5-2)52-91-70-65(87)64(86)67(59(51-78)93-70)94-71-66(88)69(63(85)58(50-77)92-71)96-73(72(89)90)48-56(81)61(74-53(3)79)68(95-73)62(84)57(82)49-76/h13,15,17,19,44,46,54-59,61-71,76-78,80-82,84-88H,4-12,14,16,18,20-43,45,47-52H2,1-3H3,(H,74,79)(H,75,83)(H,89,90)/b15-13-,19-17-,46-44+. The molecule has 3 aliphatic rings. The maximum absolute atomic E-state index is 13.5. The molecule has 3 saturated heterocycles. The number of allylic oxidation sites excluding steroid dienone is 5. The van der Waals surface area contributed by atoms with Crippen LogP contribution in [0.4, 0.5) is 0 Å². The summed E-state index contributed by atoms with van der Waals surface area (Å²) < 4.78 is 34.9. The lowest BCUT2D eigenvalue weighted by molar-refractivity contribution is -0.386. The van der Waals surface area contributed by atoms with Gasteiger partial charge in [0.2, 0.25) is 11.8 Å². The summed E-state index contributed by atoms with van der Waals surface area (Å²) in [6.07, 6.45) is 27.4. The molecule has 18 atom stereocenters. The van der Waals surface area contributed by atoms with Crippen LogP contribution in [0.15, 0.2) is 36.5 Å². The summed E-state index contributed by atoms with van der Waals surface area (Å²) in [6, 6.07) is -2.62. The highest BCUT2D eigenvalue weighted by Crippen LogP contribution is 2.39. The van der Waals surface area contributed by atoms with E-state index in [1.54, 1.807) is 6.08 Å². The van der Waals surface area contributed by atoms with Crippen molar-refractivity contribution >= 4 is 17.8 Å². The number of aliphatic carboxylic acids is 1. The van der Waals surface area contributed by atoms with Crippen molar-refractivity contribution in [2.75, 3.05) is 26.4 Å². The Morgan fingerprint density at radius 1 is 0.552 bits per heavy atom. The van der Waals surface area contributed by atoms with E-state index in [9.17, 15) is 75.7 Å². The summed E-state index contributed by atoms with van der Waals surface area (Å²) in [7, 11) is 0. The minimum Gasteiger partial charge on any atom is -0.477 e. The van der Waals surface area contributed by atoms with Gasteiger partial charge >= 0.3 is 5.97 Å². The van der Waals surface area contributed by atoms with Crippen molar-refractivity contribution in [2.24, 2.45) is 0 Å². The second kappa shape index (κ2) is 52.9. The first-order chi connectivity index (χ1) is 46.4. The van der Waals surface area contributed by atoms with E-state index in [4.69, 9.17) is 28.4 Å². The van der Waals surface area contributed by atoms with Crippen molar-refractivity contribution in [1.82, 2.24) is 10.6 Å². The molecule has 0 bridgehead atoms. The molecule has 23 nitrogen and oxygen atoms in total. The molecule has 23 heteroatoms. The lowest BCUT2D eigenvalue weighted by atomic mass is 9.88. The average Bonchev–Trinajstić information content (AvgIpc) is 0.758. The topological polar surface area (TPSA) is 373 Å². The van der Waals surface area contributed by atoms with Crippen molar-refractivity contribution in [3.05, 3.63) is 36.5 Å². The molecule has 14 N–H and O–H groups in total. The number of nitrogens with one attached hydrogen (secondary N) is 2. The van der Waals surface area contributed by atoms with Crippen LogP contribution in [0, 0.1) is 0 Å². The number of aliphatic hydroxyl groups excluding tert-OH is 11. The van der Waals surface area contributed by atoms with Crippen LogP contribution in [0.5, 0.6) is 0 Å². The Morgan fingerprint density at radius 3 is 1.47 bits per heavy atom. The lowest BCUT2D eigenvalue weighted by Gasteiger charge is -2.50. The van der Waals surface area contributed by atoms with Gasteiger partial charge < -0.3 is 100 Å². The van der Waals surface area contributed by atoms with Crippen LogP contribution in [-0.2, 0) is 42.8 Å². The smallest absolute Gasteiger partial charge is 0.364 e. The predicted molar refractivity (Wildman–Crippen MR) is 366 cm³/mol. The van der Waals surface area contributed by atoms with E-state index in [1.807, 2.05) is 6.08 Å². The highest BCUT2D eigenvalue weighted by atomic mass is 16.8. The SMILES string of the molecule is CCCCC/C=C\C=C/CCCCCCCCCCCCC(=O)NC(COC1OC(CO)C(OC2OC(CO)C(O)C(OC3(C(=O)O)CC(O)C(NC(C)=O)C(C(O)C(O)CO)O3)C2O)C(O)C1O)C(O)/C=C/CCCCCCCCCCCCCCCCCCCCCCC. The number of hydrogen-bond acceptors (Lipinski definition) is 20. The Balaban J connectivity index is 1.57. The van der Waals surface area contributed by atoms with E-state index >= 15 is 0 Å². The van der Waals surface area contributed by atoms with Crippen LogP contribution in [0.3, 0.4) is 0 Å². The van der Waals surface area contributed by atoms with Gasteiger partial charge in [0.1, 0.15) is 67.1 Å². The first-order valence-electron chi connectivity index (χ1n) is 37.4. The highest BCUT2D eigenvalue weighted by Gasteiger charge is 2.60. The molecule has 3 aliphatic heterocycles. The Kier molecular flexibility index (Phi) is 48.0. The number of amides is 2. The largest absolute Gasteiger partial charge is 0.477 e. The van der Waals surface area contributed by atoms with Gasteiger partial charge in [-0.1, -0.05) is 243 Å². The number of carbonyl (C=O) groups is 3. The molecule has 0 aromatic rings. The third-order valence-electron chi connectivity index (χ3n) is 18.8. The van der Waals surface area contributed by atoms with Crippen molar-refractivity contribution in [3.8, 4) is 0 Å². The molecular formula is C73H132N2O21. The van der Waals surface area contributed by atoms with Gasteiger partial charge in [0.25, 0.3) is 5.79 Å². The molecule has 0 radical (unpaired) electrons. The molecule has 0 aromatic carbocycles. The van der Waals surface area contributed by atoms with Gasteiger partial charge in [0.15, 0.2) is 12.6 Å². The van der Waals surface area contributed by atoms with Gasteiger partial charge in [0, 0.05) is 19.8 Å². The molecule has 0 aromatic heterocycles. The molecule has 2 amide bonds. The average molecular weight is 1370 g/mol. The molecule has 3 rings (SSSR count). The molecule has 0 saturated carbocycles. The van der Waals surface area contributed by atoms with Crippen molar-refractivity contribution in [2.45, 2.75) is 381 Å². The van der Waals surface area contributed by atoms with Gasteiger partial charge in [-0.25, -0.2) is 4.79 Å².